The fourth-order valence-electron chi connectivity index (χ4n) is 4.57. The highest BCUT2D eigenvalue weighted by Crippen LogP contribution is 2.31. The molecule has 0 aromatic heterocycles. The van der Waals surface area contributed by atoms with E-state index in [2.05, 4.69) is 22.0 Å². The predicted molar refractivity (Wildman–Crippen MR) is 138 cm³/mol. The Morgan fingerprint density at radius 3 is 2.26 bits per heavy atom. The number of benzene rings is 1. The average Bonchev–Trinajstić information content (AvgIpc) is 3.40. The van der Waals surface area contributed by atoms with Crippen molar-refractivity contribution in [1.82, 2.24) is 16.0 Å². The molecule has 4 atom stereocenters. The fourth-order valence-corrected chi connectivity index (χ4v) is 4.57. The molecule has 38 heavy (non-hydrogen) atoms. The van der Waals surface area contributed by atoms with Crippen molar-refractivity contribution < 1.29 is 33.4 Å². The number of amides is 3. The molecular weight excluding hydrogens is 490 g/mol. The van der Waals surface area contributed by atoms with E-state index < -0.39 is 35.5 Å². The Hall–Kier alpha value is -3.24. The van der Waals surface area contributed by atoms with Crippen molar-refractivity contribution in [3.05, 3.63) is 41.5 Å². The lowest BCUT2D eigenvalue weighted by Crippen LogP contribution is -2.57. The Labute approximate surface area is 222 Å². The van der Waals surface area contributed by atoms with Crippen LogP contribution in [0, 0.1) is 5.92 Å². The Morgan fingerprint density at radius 1 is 1.03 bits per heavy atom. The van der Waals surface area contributed by atoms with Crippen LogP contribution in [0.4, 0.5) is 0 Å². The van der Waals surface area contributed by atoms with Crippen molar-refractivity contribution in [2.75, 3.05) is 26.9 Å². The number of nitrogens with one attached hydrogen (secondary N) is 3. The Bertz CT molecular complexity index is 1080. The first-order chi connectivity index (χ1) is 18.2. The lowest BCUT2D eigenvalue weighted by molar-refractivity contribution is -0.142. The molecule has 0 unspecified atom stereocenters. The molecule has 1 aliphatic carbocycles. The van der Waals surface area contributed by atoms with Crippen LogP contribution in [0.25, 0.3) is 0 Å². The average molecular weight is 528 g/mol. The van der Waals surface area contributed by atoms with Gasteiger partial charge >= 0.3 is 0 Å². The number of ether oxygens (including phenoxy) is 3. The van der Waals surface area contributed by atoms with Gasteiger partial charge in [0.1, 0.15) is 23.4 Å². The zero-order valence-corrected chi connectivity index (χ0v) is 22.2. The number of allylic oxidation sites excluding steroid dienone is 1. The van der Waals surface area contributed by atoms with E-state index in [1.54, 1.807) is 33.1 Å². The monoisotopic (exact) mass is 527 g/mol. The molecule has 0 bridgehead atoms. The number of rotatable bonds is 13. The minimum absolute atomic E-state index is 0.170. The van der Waals surface area contributed by atoms with Crippen molar-refractivity contribution in [3.8, 4) is 5.75 Å². The first-order valence-corrected chi connectivity index (χ1v) is 13.2. The van der Waals surface area contributed by atoms with Gasteiger partial charge in [0.25, 0.3) is 0 Å². The predicted octanol–water partition coefficient (Wildman–Crippen LogP) is 1.22. The molecule has 2 fully saturated rings. The minimum atomic E-state index is -0.969. The molecule has 10 heteroatoms. The van der Waals surface area contributed by atoms with E-state index in [0.29, 0.717) is 32.0 Å². The van der Waals surface area contributed by atoms with E-state index in [-0.39, 0.29) is 24.0 Å². The smallest absolute Gasteiger partial charge is 0.243 e. The summed E-state index contributed by atoms with van der Waals surface area (Å²) in [5.41, 5.74) is 1.05. The van der Waals surface area contributed by atoms with Gasteiger partial charge in [0.2, 0.25) is 17.7 Å². The maximum Gasteiger partial charge on any atom is 0.243 e. The summed E-state index contributed by atoms with van der Waals surface area (Å²) in [6.45, 7) is 4.28. The largest absolute Gasteiger partial charge is 0.497 e. The lowest BCUT2D eigenvalue weighted by atomic mass is 9.94. The van der Waals surface area contributed by atoms with Gasteiger partial charge in [0.15, 0.2) is 5.78 Å². The molecular formula is C28H37N3O7. The summed E-state index contributed by atoms with van der Waals surface area (Å²) in [5, 5.41) is 8.37. The molecule has 2 heterocycles. The van der Waals surface area contributed by atoms with E-state index in [1.807, 2.05) is 12.1 Å². The van der Waals surface area contributed by atoms with Crippen LogP contribution in [0.2, 0.25) is 0 Å². The van der Waals surface area contributed by atoms with Crippen LogP contribution < -0.4 is 20.7 Å². The summed E-state index contributed by atoms with van der Waals surface area (Å²) in [5.74, 6) is -0.998. The van der Waals surface area contributed by atoms with Crippen LogP contribution in [-0.2, 0) is 35.1 Å². The van der Waals surface area contributed by atoms with Gasteiger partial charge in [-0.05, 0) is 57.2 Å². The second kappa shape index (κ2) is 12.1. The summed E-state index contributed by atoms with van der Waals surface area (Å²) in [4.78, 5) is 52.1. The van der Waals surface area contributed by atoms with Crippen molar-refractivity contribution in [1.29, 1.82) is 0 Å². The highest BCUT2D eigenvalue weighted by molar-refractivity contribution is 5.98. The summed E-state index contributed by atoms with van der Waals surface area (Å²) in [6.07, 6.45) is 5.62. The molecule has 3 amide bonds. The number of carbonyl (C=O) groups is 4. The molecule has 0 spiro atoms. The molecule has 3 N–H and O–H groups in total. The second-order valence-electron chi connectivity index (χ2n) is 10.5. The van der Waals surface area contributed by atoms with E-state index in [9.17, 15) is 19.2 Å². The molecule has 1 aromatic carbocycles. The van der Waals surface area contributed by atoms with Crippen molar-refractivity contribution in [2.24, 2.45) is 5.92 Å². The first kappa shape index (κ1) is 27.8. The van der Waals surface area contributed by atoms with Crippen LogP contribution in [0.5, 0.6) is 5.75 Å². The standard InChI is InChI=1S/C28H37N3O7/c1-17(29-26(34)20-14-37-15-20)25(33)31-23(13-19-8-10-21(36-3)11-9-19)27(35)30-22(12-18-6-4-5-7-18)24(32)28(2)16-38-28/h6,8-11,17,20,22-23H,4-5,7,12-16H2,1-3H3,(H,29,34)(H,30,35)(H,31,33)/t17-,22+,23+,28-/m1/s1. The third-order valence-electron chi connectivity index (χ3n) is 7.33. The SMILES string of the molecule is COc1ccc(C[C@H](NC(=O)[C@@H](C)NC(=O)C2COC2)C(=O)N[C@@H](CC2=CCCC2)C(=O)[C@@]2(C)CO2)cc1. The van der Waals surface area contributed by atoms with Crippen LogP contribution in [-0.4, -0.2) is 74.2 Å². The molecule has 0 saturated carbocycles. The Kier molecular flexibility index (Phi) is 8.83. The van der Waals surface area contributed by atoms with Crippen LogP contribution in [0.3, 0.4) is 0 Å². The lowest BCUT2D eigenvalue weighted by Gasteiger charge is -2.27. The third kappa shape index (κ3) is 6.99. The molecule has 3 aliphatic rings. The zero-order valence-electron chi connectivity index (χ0n) is 22.2. The normalized spacial score (nSPS) is 22.8. The quantitative estimate of drug-likeness (QED) is 0.259. The fraction of sp³-hybridized carbons (Fsp3) is 0.571. The molecule has 2 saturated heterocycles. The van der Waals surface area contributed by atoms with Gasteiger partial charge < -0.3 is 30.2 Å². The number of Topliss-reactive ketones (excluding diaryl/α,β-unsaturated/α-hetero) is 1. The van der Waals surface area contributed by atoms with Gasteiger partial charge in [0.05, 0.1) is 38.9 Å². The number of hydrogen-bond acceptors (Lipinski definition) is 7. The van der Waals surface area contributed by atoms with Crippen molar-refractivity contribution in [3.63, 3.8) is 0 Å². The second-order valence-corrected chi connectivity index (χ2v) is 10.5. The van der Waals surface area contributed by atoms with Crippen molar-refractivity contribution in [2.45, 2.75) is 69.7 Å². The molecule has 4 rings (SSSR count). The first-order valence-electron chi connectivity index (χ1n) is 13.2. The van der Waals surface area contributed by atoms with Crippen LogP contribution in [0.1, 0.15) is 45.1 Å². The van der Waals surface area contributed by atoms with E-state index >= 15 is 0 Å². The topological polar surface area (TPSA) is 135 Å². The highest BCUT2D eigenvalue weighted by atomic mass is 16.6. The summed E-state index contributed by atoms with van der Waals surface area (Å²) < 4.78 is 15.6. The maximum absolute atomic E-state index is 13.6. The Morgan fingerprint density at radius 2 is 1.71 bits per heavy atom. The highest BCUT2D eigenvalue weighted by Gasteiger charge is 2.50. The van der Waals surface area contributed by atoms with Crippen LogP contribution >= 0.6 is 0 Å². The van der Waals surface area contributed by atoms with Gasteiger partial charge in [-0.1, -0.05) is 23.8 Å². The number of hydrogen-bond donors (Lipinski definition) is 3. The van der Waals surface area contributed by atoms with E-state index in [1.165, 1.54) is 0 Å². The summed E-state index contributed by atoms with van der Waals surface area (Å²) in [6, 6.07) is 4.61. The van der Waals surface area contributed by atoms with Gasteiger partial charge in [-0.15, -0.1) is 0 Å². The summed E-state index contributed by atoms with van der Waals surface area (Å²) in [7, 11) is 1.57. The molecule has 10 nitrogen and oxygen atoms in total. The van der Waals surface area contributed by atoms with Gasteiger partial charge in [-0.25, -0.2) is 0 Å². The maximum atomic E-state index is 13.6. The summed E-state index contributed by atoms with van der Waals surface area (Å²) >= 11 is 0. The number of methoxy groups -OCH3 is 1. The molecule has 1 aromatic rings. The number of epoxide rings is 1. The molecule has 206 valence electrons. The van der Waals surface area contributed by atoms with Crippen LogP contribution in [0.15, 0.2) is 35.9 Å². The van der Waals surface area contributed by atoms with Crippen molar-refractivity contribution >= 4 is 23.5 Å². The zero-order chi connectivity index (χ0) is 27.3. The minimum Gasteiger partial charge on any atom is -0.497 e. The number of ketones is 1. The van der Waals surface area contributed by atoms with E-state index in [0.717, 1.165) is 30.4 Å². The van der Waals surface area contributed by atoms with Gasteiger partial charge in [0, 0.05) is 6.42 Å². The van der Waals surface area contributed by atoms with Gasteiger partial charge in [-0.2, -0.15) is 0 Å². The number of carbonyl (C=O) groups excluding carboxylic acids is 4. The molecule has 0 radical (unpaired) electrons. The third-order valence-corrected chi connectivity index (χ3v) is 7.33. The molecule has 2 aliphatic heterocycles. The van der Waals surface area contributed by atoms with E-state index in [4.69, 9.17) is 14.2 Å². The van der Waals surface area contributed by atoms with Gasteiger partial charge in [-0.3, -0.25) is 19.2 Å². The Balaban J connectivity index is 1.48.